The Morgan fingerprint density at radius 1 is 1.32 bits per heavy atom. The average molecular weight is 334 g/mol. The van der Waals surface area contributed by atoms with Crippen LogP contribution in [0.15, 0.2) is 41.9 Å². The molecule has 0 radical (unpaired) electrons. The average Bonchev–Trinajstić information content (AvgIpc) is 3.15. The van der Waals surface area contributed by atoms with Crippen molar-refractivity contribution in [3.05, 3.63) is 51.8 Å². The fraction of sp³-hybridized carbons (Fsp3) is 0.250. The Balaban J connectivity index is 1.51. The normalized spacial score (nSPS) is 11.0. The molecule has 4 nitrogen and oxygen atoms in total. The van der Waals surface area contributed by atoms with E-state index in [4.69, 9.17) is 11.6 Å². The second-order valence-corrected chi connectivity index (χ2v) is 6.41. The summed E-state index contributed by atoms with van der Waals surface area (Å²) in [5.74, 6) is 0.0437. The van der Waals surface area contributed by atoms with Gasteiger partial charge >= 0.3 is 0 Å². The van der Waals surface area contributed by atoms with Crippen LogP contribution >= 0.6 is 22.9 Å². The van der Waals surface area contributed by atoms with Gasteiger partial charge in [-0.2, -0.15) is 5.10 Å². The minimum absolute atomic E-state index is 0.0437. The first-order chi connectivity index (χ1) is 10.7. The third-order valence-electron chi connectivity index (χ3n) is 3.46. The van der Waals surface area contributed by atoms with Crippen molar-refractivity contribution in [2.45, 2.75) is 19.4 Å². The second kappa shape index (κ2) is 6.94. The van der Waals surface area contributed by atoms with E-state index in [1.54, 1.807) is 17.5 Å². The topological polar surface area (TPSA) is 46.9 Å². The molecule has 3 rings (SSSR count). The molecule has 0 aliphatic heterocycles. The van der Waals surface area contributed by atoms with Crippen LogP contribution in [0.2, 0.25) is 5.02 Å². The Labute approximate surface area is 137 Å². The number of fused-ring (bicyclic) bond motifs is 1. The maximum absolute atomic E-state index is 11.9. The van der Waals surface area contributed by atoms with E-state index < -0.39 is 0 Å². The van der Waals surface area contributed by atoms with Gasteiger partial charge in [0.15, 0.2) is 0 Å². The smallest absolute Gasteiger partial charge is 0.221 e. The standard InChI is InChI=1S/C16H16ClN3OS/c17-14-4-1-5-15-13(14)11-19-20(15)9-7-16(21)18-8-6-12-3-2-10-22-12/h1-5,10-11H,6-9H2,(H,18,21). The molecular weight excluding hydrogens is 318 g/mol. The summed E-state index contributed by atoms with van der Waals surface area (Å²) >= 11 is 7.83. The number of rotatable bonds is 6. The predicted octanol–water partition coefficient (Wildman–Crippen LogP) is 3.50. The summed E-state index contributed by atoms with van der Waals surface area (Å²) in [5.41, 5.74) is 0.957. The number of carbonyl (C=O) groups is 1. The van der Waals surface area contributed by atoms with Crippen LogP contribution < -0.4 is 5.32 Å². The minimum Gasteiger partial charge on any atom is -0.356 e. The molecule has 6 heteroatoms. The van der Waals surface area contributed by atoms with E-state index in [2.05, 4.69) is 16.5 Å². The van der Waals surface area contributed by atoms with Gasteiger partial charge in [-0.05, 0) is 30.0 Å². The number of amides is 1. The van der Waals surface area contributed by atoms with Gasteiger partial charge in [-0.3, -0.25) is 9.48 Å². The molecule has 0 unspecified atom stereocenters. The summed E-state index contributed by atoms with van der Waals surface area (Å²) in [4.78, 5) is 13.2. The van der Waals surface area contributed by atoms with E-state index in [0.717, 1.165) is 17.3 Å². The lowest BCUT2D eigenvalue weighted by Crippen LogP contribution is -2.26. The zero-order valence-electron chi connectivity index (χ0n) is 12.0. The van der Waals surface area contributed by atoms with Crippen LogP contribution in [0.25, 0.3) is 10.9 Å². The fourth-order valence-electron chi connectivity index (χ4n) is 2.32. The first-order valence-electron chi connectivity index (χ1n) is 7.13. The van der Waals surface area contributed by atoms with E-state index in [1.807, 2.05) is 34.3 Å². The van der Waals surface area contributed by atoms with E-state index in [-0.39, 0.29) is 5.91 Å². The maximum Gasteiger partial charge on any atom is 0.221 e. The van der Waals surface area contributed by atoms with Gasteiger partial charge in [0, 0.05) is 23.2 Å². The molecular formula is C16H16ClN3OS. The highest BCUT2D eigenvalue weighted by molar-refractivity contribution is 7.09. The fourth-order valence-corrected chi connectivity index (χ4v) is 3.25. The summed E-state index contributed by atoms with van der Waals surface area (Å²) in [5, 5.41) is 10.9. The number of halogens is 1. The van der Waals surface area contributed by atoms with E-state index >= 15 is 0 Å². The molecule has 2 aromatic heterocycles. The predicted molar refractivity (Wildman–Crippen MR) is 90.4 cm³/mol. The van der Waals surface area contributed by atoms with Crippen molar-refractivity contribution in [2.24, 2.45) is 0 Å². The third-order valence-corrected chi connectivity index (χ3v) is 4.72. The van der Waals surface area contributed by atoms with Crippen molar-refractivity contribution in [3.8, 4) is 0 Å². The Hall–Kier alpha value is -1.85. The van der Waals surface area contributed by atoms with Gasteiger partial charge in [0.25, 0.3) is 0 Å². The molecule has 3 aromatic rings. The van der Waals surface area contributed by atoms with Crippen LogP contribution in [-0.4, -0.2) is 22.2 Å². The molecule has 0 saturated carbocycles. The Morgan fingerprint density at radius 3 is 3.05 bits per heavy atom. The van der Waals surface area contributed by atoms with Crippen molar-refractivity contribution >= 4 is 39.7 Å². The molecule has 1 N–H and O–H groups in total. The van der Waals surface area contributed by atoms with Gasteiger partial charge in [-0.25, -0.2) is 0 Å². The quantitative estimate of drug-likeness (QED) is 0.750. The van der Waals surface area contributed by atoms with Crippen molar-refractivity contribution in [3.63, 3.8) is 0 Å². The first kappa shape index (κ1) is 15.1. The van der Waals surface area contributed by atoms with Crippen LogP contribution in [0.3, 0.4) is 0 Å². The summed E-state index contributed by atoms with van der Waals surface area (Å²) in [6.45, 7) is 1.22. The molecule has 2 heterocycles. The van der Waals surface area contributed by atoms with Crippen molar-refractivity contribution < 1.29 is 4.79 Å². The largest absolute Gasteiger partial charge is 0.356 e. The van der Waals surface area contributed by atoms with Gasteiger partial charge in [0.1, 0.15) is 0 Å². The summed E-state index contributed by atoms with van der Waals surface area (Å²) < 4.78 is 1.82. The molecule has 0 aliphatic carbocycles. The zero-order valence-corrected chi connectivity index (χ0v) is 13.5. The highest BCUT2D eigenvalue weighted by Crippen LogP contribution is 2.22. The molecule has 0 spiro atoms. The molecule has 0 bridgehead atoms. The lowest BCUT2D eigenvalue weighted by atomic mass is 10.2. The Morgan fingerprint density at radius 2 is 2.23 bits per heavy atom. The number of carbonyl (C=O) groups excluding carboxylic acids is 1. The zero-order chi connectivity index (χ0) is 15.4. The van der Waals surface area contributed by atoms with Gasteiger partial charge < -0.3 is 5.32 Å². The second-order valence-electron chi connectivity index (χ2n) is 4.97. The summed E-state index contributed by atoms with van der Waals surface area (Å²) in [6, 6.07) is 9.80. The molecule has 22 heavy (non-hydrogen) atoms. The maximum atomic E-state index is 11.9. The van der Waals surface area contributed by atoms with Crippen molar-refractivity contribution in [1.82, 2.24) is 15.1 Å². The highest BCUT2D eigenvalue weighted by Gasteiger charge is 2.07. The van der Waals surface area contributed by atoms with Crippen molar-refractivity contribution in [2.75, 3.05) is 6.54 Å². The van der Waals surface area contributed by atoms with Crippen LogP contribution in [0.5, 0.6) is 0 Å². The monoisotopic (exact) mass is 333 g/mol. The molecule has 1 amide bonds. The lowest BCUT2D eigenvalue weighted by Gasteiger charge is -2.06. The number of nitrogens with zero attached hydrogens (tertiary/aromatic N) is 2. The third kappa shape index (κ3) is 3.48. The van der Waals surface area contributed by atoms with Gasteiger partial charge in [0.2, 0.25) is 5.91 Å². The van der Waals surface area contributed by atoms with Gasteiger partial charge in [-0.1, -0.05) is 23.7 Å². The molecule has 114 valence electrons. The number of aryl methyl sites for hydroxylation is 1. The van der Waals surface area contributed by atoms with Crippen LogP contribution in [0.4, 0.5) is 0 Å². The molecule has 0 atom stereocenters. The number of aromatic nitrogens is 2. The van der Waals surface area contributed by atoms with Crippen LogP contribution in [0.1, 0.15) is 11.3 Å². The Bertz CT molecular complexity index is 767. The first-order valence-corrected chi connectivity index (χ1v) is 8.39. The van der Waals surface area contributed by atoms with Crippen LogP contribution in [-0.2, 0) is 17.8 Å². The van der Waals surface area contributed by atoms with E-state index in [9.17, 15) is 4.79 Å². The van der Waals surface area contributed by atoms with Gasteiger partial charge in [-0.15, -0.1) is 11.3 Å². The van der Waals surface area contributed by atoms with E-state index in [0.29, 0.717) is 24.5 Å². The molecule has 0 fully saturated rings. The SMILES string of the molecule is O=C(CCn1ncc2c(Cl)cccc21)NCCc1cccs1. The number of hydrogen-bond acceptors (Lipinski definition) is 3. The van der Waals surface area contributed by atoms with Gasteiger partial charge in [0.05, 0.1) is 23.3 Å². The highest BCUT2D eigenvalue weighted by atomic mass is 35.5. The molecule has 0 aliphatic rings. The number of benzene rings is 1. The number of thiophene rings is 1. The van der Waals surface area contributed by atoms with Crippen molar-refractivity contribution in [1.29, 1.82) is 0 Å². The minimum atomic E-state index is 0.0437. The van der Waals surface area contributed by atoms with Crippen LogP contribution in [0, 0.1) is 0 Å². The summed E-state index contributed by atoms with van der Waals surface area (Å²) in [6.07, 6.45) is 3.03. The Kier molecular flexibility index (Phi) is 4.75. The lowest BCUT2D eigenvalue weighted by molar-refractivity contribution is -0.121. The van der Waals surface area contributed by atoms with E-state index in [1.165, 1.54) is 4.88 Å². The summed E-state index contributed by atoms with van der Waals surface area (Å²) in [7, 11) is 0. The number of nitrogens with one attached hydrogen (secondary N) is 1. The number of hydrogen-bond donors (Lipinski definition) is 1. The molecule has 1 aromatic carbocycles. The molecule has 0 saturated heterocycles.